The van der Waals surface area contributed by atoms with Gasteiger partial charge in [0.1, 0.15) is 12.2 Å². The van der Waals surface area contributed by atoms with E-state index in [1.165, 1.54) is 44.3 Å². The van der Waals surface area contributed by atoms with Crippen molar-refractivity contribution in [3.8, 4) is 5.88 Å². The van der Waals surface area contributed by atoms with Gasteiger partial charge in [0.25, 0.3) is 0 Å². The molecule has 0 saturated heterocycles. The van der Waals surface area contributed by atoms with Crippen molar-refractivity contribution >= 4 is 23.7 Å². The molecule has 122 valence electrons. The van der Waals surface area contributed by atoms with Gasteiger partial charge in [-0.3, -0.25) is 4.18 Å². The summed E-state index contributed by atoms with van der Waals surface area (Å²) in [5.41, 5.74) is 2.06. The fraction of sp³-hybridized carbons (Fsp3) is 0.688. The van der Waals surface area contributed by atoms with Crippen LogP contribution in [0.3, 0.4) is 0 Å². The highest BCUT2D eigenvalue weighted by Crippen LogP contribution is 2.33. The van der Waals surface area contributed by atoms with Crippen LogP contribution < -0.4 is 14.8 Å². The topological polar surface area (TPSA) is 55.4 Å². The highest BCUT2D eigenvalue weighted by atomic mass is 32.2. The Kier molecular flexibility index (Phi) is 5.31. The highest BCUT2D eigenvalue weighted by Gasteiger charge is 2.22. The smallest absolute Gasteiger partial charge is 0.215 e. The Bertz CT molecular complexity index is 504. The Morgan fingerprint density at radius 3 is 2.64 bits per heavy atom. The minimum atomic E-state index is 0.697. The summed E-state index contributed by atoms with van der Waals surface area (Å²) in [6.07, 6.45) is 6.51. The SMILES string of the molecule is CNc1nc(OCC2CCC2)cc(C)c1NSOCC1CC1. The van der Waals surface area contributed by atoms with Crippen LogP contribution in [0.4, 0.5) is 11.5 Å². The maximum absolute atomic E-state index is 5.84. The predicted molar refractivity (Wildman–Crippen MR) is 91.2 cm³/mol. The molecule has 0 aliphatic heterocycles. The van der Waals surface area contributed by atoms with Gasteiger partial charge in [-0.05, 0) is 50.0 Å². The van der Waals surface area contributed by atoms with Gasteiger partial charge in [0.05, 0.1) is 18.9 Å². The van der Waals surface area contributed by atoms with E-state index < -0.39 is 0 Å². The normalized spacial score (nSPS) is 17.9. The molecule has 0 spiro atoms. The standard InChI is InChI=1S/C16H25N3O2S/c1-11-8-14(20-9-12-4-3-5-12)18-16(17-2)15(11)19-22-21-10-13-6-7-13/h8,12-13,19H,3-7,9-10H2,1-2H3,(H,17,18). The van der Waals surface area contributed by atoms with E-state index in [0.717, 1.165) is 36.2 Å². The molecule has 2 N–H and O–H groups in total. The van der Waals surface area contributed by atoms with Crippen LogP contribution in [0.25, 0.3) is 0 Å². The third-order valence-corrected chi connectivity index (χ3v) is 4.87. The van der Waals surface area contributed by atoms with E-state index >= 15 is 0 Å². The molecular formula is C16H25N3O2S. The summed E-state index contributed by atoms with van der Waals surface area (Å²) < 4.78 is 14.6. The first kappa shape index (κ1) is 15.7. The molecule has 0 radical (unpaired) electrons. The molecular weight excluding hydrogens is 298 g/mol. The van der Waals surface area contributed by atoms with Crippen molar-refractivity contribution in [2.45, 2.75) is 39.0 Å². The van der Waals surface area contributed by atoms with E-state index in [1.807, 2.05) is 13.1 Å². The third kappa shape index (κ3) is 4.20. The van der Waals surface area contributed by atoms with Crippen LogP contribution in [-0.4, -0.2) is 25.2 Å². The average molecular weight is 323 g/mol. The number of anilines is 2. The number of rotatable bonds is 9. The Morgan fingerprint density at radius 1 is 1.23 bits per heavy atom. The van der Waals surface area contributed by atoms with Gasteiger partial charge in [0.15, 0.2) is 5.82 Å². The van der Waals surface area contributed by atoms with Crippen molar-refractivity contribution in [1.82, 2.24) is 4.98 Å². The van der Waals surface area contributed by atoms with Crippen LogP contribution >= 0.6 is 12.2 Å². The predicted octanol–water partition coefficient (Wildman–Crippen LogP) is 4.01. The van der Waals surface area contributed by atoms with Crippen molar-refractivity contribution in [3.05, 3.63) is 11.6 Å². The van der Waals surface area contributed by atoms with Crippen LogP contribution in [0.5, 0.6) is 5.88 Å². The molecule has 0 atom stereocenters. The summed E-state index contributed by atoms with van der Waals surface area (Å²) in [7, 11) is 1.87. The number of ether oxygens (including phenoxy) is 1. The molecule has 0 aromatic carbocycles. The minimum absolute atomic E-state index is 0.697. The zero-order valence-electron chi connectivity index (χ0n) is 13.4. The molecule has 2 saturated carbocycles. The minimum Gasteiger partial charge on any atom is -0.477 e. The monoisotopic (exact) mass is 323 g/mol. The molecule has 0 bridgehead atoms. The van der Waals surface area contributed by atoms with E-state index in [0.29, 0.717) is 11.8 Å². The van der Waals surface area contributed by atoms with Crippen molar-refractivity contribution in [2.75, 3.05) is 30.3 Å². The largest absolute Gasteiger partial charge is 0.477 e. The van der Waals surface area contributed by atoms with E-state index in [9.17, 15) is 0 Å². The molecule has 6 heteroatoms. The van der Waals surface area contributed by atoms with Crippen molar-refractivity contribution < 1.29 is 8.92 Å². The maximum atomic E-state index is 5.84. The second-order valence-electron chi connectivity index (χ2n) is 6.27. The Morgan fingerprint density at radius 2 is 2.00 bits per heavy atom. The lowest BCUT2D eigenvalue weighted by atomic mass is 9.86. The lowest BCUT2D eigenvalue weighted by molar-refractivity contribution is 0.176. The molecule has 0 unspecified atom stereocenters. The Labute approximate surface area is 136 Å². The molecule has 1 heterocycles. The first-order valence-corrected chi connectivity index (χ1v) is 8.87. The van der Waals surface area contributed by atoms with Gasteiger partial charge >= 0.3 is 0 Å². The fourth-order valence-corrected chi connectivity index (χ4v) is 3.04. The van der Waals surface area contributed by atoms with Crippen LogP contribution in [0.15, 0.2) is 6.07 Å². The van der Waals surface area contributed by atoms with Gasteiger partial charge < -0.3 is 14.8 Å². The number of nitrogens with one attached hydrogen (secondary N) is 2. The molecule has 22 heavy (non-hydrogen) atoms. The fourth-order valence-electron chi connectivity index (χ4n) is 2.37. The molecule has 1 aromatic heterocycles. The number of aryl methyl sites for hydroxylation is 1. The second kappa shape index (κ2) is 7.42. The average Bonchev–Trinajstić information content (AvgIpc) is 3.27. The van der Waals surface area contributed by atoms with Crippen molar-refractivity contribution in [2.24, 2.45) is 11.8 Å². The molecule has 2 fully saturated rings. The highest BCUT2D eigenvalue weighted by molar-refractivity contribution is 7.96. The van der Waals surface area contributed by atoms with E-state index in [1.54, 1.807) is 0 Å². The summed E-state index contributed by atoms with van der Waals surface area (Å²) in [4.78, 5) is 4.54. The maximum Gasteiger partial charge on any atom is 0.215 e. The number of hydrogen-bond acceptors (Lipinski definition) is 6. The molecule has 0 amide bonds. The van der Waals surface area contributed by atoms with Gasteiger partial charge in [-0.15, -0.1) is 0 Å². The van der Waals surface area contributed by atoms with E-state index in [2.05, 4.69) is 21.9 Å². The van der Waals surface area contributed by atoms with Crippen LogP contribution in [0, 0.1) is 18.8 Å². The summed E-state index contributed by atoms with van der Waals surface area (Å²) in [6.45, 7) is 3.66. The van der Waals surface area contributed by atoms with Gasteiger partial charge in [-0.25, -0.2) is 0 Å². The van der Waals surface area contributed by atoms with Crippen LogP contribution in [0.2, 0.25) is 0 Å². The van der Waals surface area contributed by atoms with Crippen LogP contribution in [-0.2, 0) is 4.18 Å². The Hall–Kier alpha value is -1.14. The number of aromatic nitrogens is 1. The number of nitrogens with zero attached hydrogens (tertiary/aromatic N) is 1. The molecule has 1 aromatic rings. The molecule has 5 nitrogen and oxygen atoms in total. The lowest BCUT2D eigenvalue weighted by Crippen LogP contribution is -2.19. The van der Waals surface area contributed by atoms with Gasteiger partial charge in [-0.1, -0.05) is 6.42 Å². The Balaban J connectivity index is 1.55. The van der Waals surface area contributed by atoms with Gasteiger partial charge in [0.2, 0.25) is 5.88 Å². The zero-order chi connectivity index (χ0) is 15.4. The number of hydrogen-bond donors (Lipinski definition) is 2. The number of pyridine rings is 1. The summed E-state index contributed by atoms with van der Waals surface area (Å²) in [5.74, 6) is 2.97. The summed E-state index contributed by atoms with van der Waals surface area (Å²) in [5, 5.41) is 3.13. The zero-order valence-corrected chi connectivity index (χ0v) is 14.2. The van der Waals surface area contributed by atoms with Gasteiger partial charge in [-0.2, -0.15) is 4.98 Å². The molecule has 3 rings (SSSR count). The summed E-state index contributed by atoms with van der Waals surface area (Å²) in [6, 6.07) is 1.99. The third-order valence-electron chi connectivity index (χ3n) is 4.32. The van der Waals surface area contributed by atoms with E-state index in [4.69, 9.17) is 8.92 Å². The van der Waals surface area contributed by atoms with E-state index in [-0.39, 0.29) is 0 Å². The van der Waals surface area contributed by atoms with Crippen LogP contribution in [0.1, 0.15) is 37.7 Å². The summed E-state index contributed by atoms with van der Waals surface area (Å²) >= 11 is 1.28. The second-order valence-corrected chi connectivity index (χ2v) is 6.88. The first-order chi connectivity index (χ1) is 10.8. The van der Waals surface area contributed by atoms with Crippen molar-refractivity contribution in [3.63, 3.8) is 0 Å². The molecule has 2 aliphatic rings. The van der Waals surface area contributed by atoms with Crippen molar-refractivity contribution in [1.29, 1.82) is 0 Å². The quantitative estimate of drug-likeness (QED) is 0.407. The van der Waals surface area contributed by atoms with Gasteiger partial charge in [0, 0.05) is 13.1 Å². The molecule has 2 aliphatic carbocycles. The first-order valence-electron chi connectivity index (χ1n) is 8.13. The lowest BCUT2D eigenvalue weighted by Gasteiger charge is -2.25.